The van der Waals surface area contributed by atoms with Crippen LogP contribution in [-0.4, -0.2) is 19.5 Å². The number of ketones is 1. The van der Waals surface area contributed by atoms with E-state index in [0.717, 1.165) is 17.6 Å². The zero-order chi connectivity index (χ0) is 15.0. The molecule has 1 rings (SSSR count). The van der Waals surface area contributed by atoms with Crippen LogP contribution in [0.3, 0.4) is 0 Å². The standard InChI is InChI=1S/C18H30O2/c1-5-6-7-8-9-10-11-17(19)18(14-20-4)15(2)12-13-16(18)3/h12-13H,5-11,14H2,1-4H3. The van der Waals surface area contributed by atoms with Gasteiger partial charge < -0.3 is 4.74 Å². The highest BCUT2D eigenvalue weighted by atomic mass is 16.5. The number of carbonyl (C=O) groups is 1. The molecule has 0 aromatic rings. The van der Waals surface area contributed by atoms with Gasteiger partial charge in [-0.3, -0.25) is 4.79 Å². The number of carbonyl (C=O) groups excluding carboxylic acids is 1. The maximum Gasteiger partial charge on any atom is 0.149 e. The van der Waals surface area contributed by atoms with Gasteiger partial charge >= 0.3 is 0 Å². The molecule has 1 aliphatic rings. The first-order valence-corrected chi connectivity index (χ1v) is 7.98. The molecule has 2 heteroatoms. The highest BCUT2D eigenvalue weighted by Crippen LogP contribution is 2.42. The normalized spacial score (nSPS) is 17.0. The van der Waals surface area contributed by atoms with E-state index in [1.807, 2.05) is 13.8 Å². The van der Waals surface area contributed by atoms with Gasteiger partial charge in [0, 0.05) is 13.5 Å². The van der Waals surface area contributed by atoms with Crippen molar-refractivity contribution in [3.63, 3.8) is 0 Å². The topological polar surface area (TPSA) is 26.3 Å². The molecule has 0 aromatic heterocycles. The highest BCUT2D eigenvalue weighted by molar-refractivity contribution is 5.92. The molecule has 0 bridgehead atoms. The number of hydrogen-bond acceptors (Lipinski definition) is 2. The molecule has 2 nitrogen and oxygen atoms in total. The molecule has 0 heterocycles. The molecule has 0 N–H and O–H groups in total. The third-order valence-corrected chi connectivity index (χ3v) is 4.52. The molecule has 0 aliphatic heterocycles. The Bertz CT molecular complexity index is 359. The van der Waals surface area contributed by atoms with Crippen molar-refractivity contribution in [1.82, 2.24) is 0 Å². The summed E-state index contributed by atoms with van der Waals surface area (Å²) in [7, 11) is 1.68. The number of methoxy groups -OCH3 is 1. The number of unbranched alkanes of at least 4 members (excludes halogenated alkanes) is 5. The molecule has 0 amide bonds. The Labute approximate surface area is 124 Å². The first-order chi connectivity index (χ1) is 9.59. The van der Waals surface area contributed by atoms with Gasteiger partial charge in [0.2, 0.25) is 0 Å². The van der Waals surface area contributed by atoms with E-state index in [-0.39, 0.29) is 0 Å². The molecule has 0 fully saturated rings. The zero-order valence-corrected chi connectivity index (χ0v) is 13.6. The summed E-state index contributed by atoms with van der Waals surface area (Å²) in [6.45, 7) is 6.80. The first-order valence-electron chi connectivity index (χ1n) is 7.98. The minimum Gasteiger partial charge on any atom is -0.383 e. The van der Waals surface area contributed by atoms with Crippen LogP contribution in [0.5, 0.6) is 0 Å². The molecule has 0 saturated heterocycles. The van der Waals surface area contributed by atoms with Gasteiger partial charge in [0.25, 0.3) is 0 Å². The first kappa shape index (κ1) is 17.2. The minimum atomic E-state index is -0.474. The molecule has 0 radical (unpaired) electrons. The van der Waals surface area contributed by atoms with Gasteiger partial charge in [0.1, 0.15) is 5.78 Å². The van der Waals surface area contributed by atoms with E-state index in [2.05, 4.69) is 19.1 Å². The zero-order valence-electron chi connectivity index (χ0n) is 13.6. The maximum atomic E-state index is 12.7. The summed E-state index contributed by atoms with van der Waals surface area (Å²) in [6.07, 6.45) is 12.1. The Morgan fingerprint density at radius 2 is 1.60 bits per heavy atom. The van der Waals surface area contributed by atoms with Crippen molar-refractivity contribution < 1.29 is 9.53 Å². The van der Waals surface area contributed by atoms with Crippen molar-refractivity contribution in [2.24, 2.45) is 5.41 Å². The van der Waals surface area contributed by atoms with Crippen molar-refractivity contribution in [2.45, 2.75) is 65.7 Å². The van der Waals surface area contributed by atoms with Crippen LogP contribution >= 0.6 is 0 Å². The third kappa shape index (κ3) is 3.82. The summed E-state index contributed by atoms with van der Waals surface area (Å²) < 4.78 is 5.35. The number of Topliss-reactive ketones (excluding diaryl/α,β-unsaturated/α-hetero) is 1. The summed E-state index contributed by atoms with van der Waals surface area (Å²) in [6, 6.07) is 0. The lowest BCUT2D eigenvalue weighted by Crippen LogP contribution is -2.36. The largest absolute Gasteiger partial charge is 0.383 e. The van der Waals surface area contributed by atoms with E-state index in [1.54, 1.807) is 7.11 Å². The third-order valence-electron chi connectivity index (χ3n) is 4.52. The van der Waals surface area contributed by atoms with Crippen LogP contribution in [0.2, 0.25) is 0 Å². The smallest absolute Gasteiger partial charge is 0.149 e. The molecule has 0 spiro atoms. The van der Waals surface area contributed by atoms with Crippen molar-refractivity contribution in [2.75, 3.05) is 13.7 Å². The van der Waals surface area contributed by atoms with Gasteiger partial charge in [-0.05, 0) is 20.3 Å². The summed E-state index contributed by atoms with van der Waals surface area (Å²) in [4.78, 5) is 12.7. The van der Waals surface area contributed by atoms with Crippen LogP contribution in [0, 0.1) is 5.41 Å². The lowest BCUT2D eigenvalue weighted by atomic mass is 9.73. The van der Waals surface area contributed by atoms with E-state index in [0.29, 0.717) is 18.8 Å². The van der Waals surface area contributed by atoms with Gasteiger partial charge in [0.15, 0.2) is 0 Å². The Morgan fingerprint density at radius 1 is 1.05 bits per heavy atom. The highest BCUT2D eigenvalue weighted by Gasteiger charge is 2.42. The van der Waals surface area contributed by atoms with Crippen LogP contribution in [0.25, 0.3) is 0 Å². The number of ether oxygens (including phenoxy) is 1. The van der Waals surface area contributed by atoms with Crippen LogP contribution in [0.15, 0.2) is 23.3 Å². The number of allylic oxidation sites excluding steroid dienone is 2. The van der Waals surface area contributed by atoms with Gasteiger partial charge in [-0.15, -0.1) is 0 Å². The average molecular weight is 278 g/mol. The van der Waals surface area contributed by atoms with Crippen LogP contribution in [0.1, 0.15) is 65.7 Å². The maximum absolute atomic E-state index is 12.7. The Morgan fingerprint density at radius 3 is 2.15 bits per heavy atom. The van der Waals surface area contributed by atoms with Gasteiger partial charge in [-0.1, -0.05) is 62.3 Å². The quantitative estimate of drug-likeness (QED) is 0.534. The fraction of sp³-hybridized carbons (Fsp3) is 0.722. The monoisotopic (exact) mass is 278 g/mol. The predicted octanol–water partition coefficient (Wildman–Crippen LogP) is 4.85. The fourth-order valence-electron chi connectivity index (χ4n) is 3.09. The molecule has 1 aliphatic carbocycles. The summed E-state index contributed by atoms with van der Waals surface area (Å²) in [5.41, 5.74) is 1.79. The van der Waals surface area contributed by atoms with Crippen LogP contribution in [-0.2, 0) is 9.53 Å². The Balaban J connectivity index is 2.50. The second kappa shape index (κ2) is 8.41. The Hall–Kier alpha value is -0.890. The molecule has 0 aromatic carbocycles. The predicted molar refractivity (Wildman–Crippen MR) is 84.8 cm³/mol. The molecule has 114 valence electrons. The second-order valence-electron chi connectivity index (χ2n) is 5.98. The van der Waals surface area contributed by atoms with Crippen LogP contribution < -0.4 is 0 Å². The molecular formula is C18H30O2. The van der Waals surface area contributed by atoms with Gasteiger partial charge in [-0.25, -0.2) is 0 Å². The van der Waals surface area contributed by atoms with Crippen molar-refractivity contribution >= 4 is 5.78 Å². The van der Waals surface area contributed by atoms with Crippen molar-refractivity contribution in [1.29, 1.82) is 0 Å². The summed E-state index contributed by atoms with van der Waals surface area (Å²) >= 11 is 0. The van der Waals surface area contributed by atoms with E-state index in [9.17, 15) is 4.79 Å². The van der Waals surface area contributed by atoms with E-state index >= 15 is 0 Å². The second-order valence-corrected chi connectivity index (χ2v) is 5.98. The molecule has 0 atom stereocenters. The van der Waals surface area contributed by atoms with E-state index in [1.165, 1.54) is 32.1 Å². The average Bonchev–Trinajstić information content (AvgIpc) is 2.72. The van der Waals surface area contributed by atoms with Crippen LogP contribution in [0.4, 0.5) is 0 Å². The molecule has 0 saturated carbocycles. The number of hydrogen-bond donors (Lipinski definition) is 0. The van der Waals surface area contributed by atoms with Crippen molar-refractivity contribution in [3.8, 4) is 0 Å². The molecular weight excluding hydrogens is 248 g/mol. The molecule has 20 heavy (non-hydrogen) atoms. The minimum absolute atomic E-state index is 0.329. The van der Waals surface area contributed by atoms with Gasteiger partial charge in [0.05, 0.1) is 12.0 Å². The summed E-state index contributed by atoms with van der Waals surface area (Å²) in [5, 5.41) is 0. The summed E-state index contributed by atoms with van der Waals surface area (Å²) in [5.74, 6) is 0.329. The lowest BCUT2D eigenvalue weighted by molar-refractivity contribution is -0.127. The van der Waals surface area contributed by atoms with E-state index < -0.39 is 5.41 Å². The molecule has 0 unspecified atom stereocenters. The lowest BCUT2D eigenvalue weighted by Gasteiger charge is -2.31. The SMILES string of the molecule is CCCCCCCCC(=O)C1(COC)C(C)=CC=C1C. The van der Waals surface area contributed by atoms with Crippen molar-refractivity contribution in [3.05, 3.63) is 23.3 Å². The fourth-order valence-corrected chi connectivity index (χ4v) is 3.09. The number of rotatable bonds is 10. The van der Waals surface area contributed by atoms with E-state index in [4.69, 9.17) is 4.74 Å². The van der Waals surface area contributed by atoms with Gasteiger partial charge in [-0.2, -0.15) is 0 Å². The Kier molecular flexibility index (Phi) is 7.22.